The Labute approximate surface area is 93.4 Å². The van der Waals surface area contributed by atoms with E-state index in [-0.39, 0.29) is 12.4 Å². The van der Waals surface area contributed by atoms with Crippen molar-refractivity contribution in [2.45, 2.75) is 6.54 Å². The Morgan fingerprint density at radius 1 is 1.47 bits per heavy atom. The summed E-state index contributed by atoms with van der Waals surface area (Å²) in [6.07, 6.45) is 0. The predicted molar refractivity (Wildman–Crippen MR) is 55.3 cm³/mol. The monoisotopic (exact) mass is 271 g/mol. The first-order valence-electron chi connectivity index (χ1n) is 4.19. The number of benzene rings is 1. The van der Waals surface area contributed by atoms with Crippen molar-refractivity contribution in [2.24, 2.45) is 5.73 Å². The summed E-state index contributed by atoms with van der Waals surface area (Å²) in [5, 5.41) is 3.73. The Balaban J connectivity index is 2.44. The van der Waals surface area contributed by atoms with Gasteiger partial charge < -0.3 is 10.3 Å². The standard InChI is InChI=1S/C9H7BrFN3O/c10-7-3-5(11)1-2-6(7)9-13-8(4-12)15-14-9/h1-3H,4,12H2. The number of nitrogens with two attached hydrogens (primary N) is 1. The maximum Gasteiger partial charge on any atom is 0.240 e. The van der Waals surface area contributed by atoms with Crippen LogP contribution in [0.2, 0.25) is 0 Å². The third-order valence-corrected chi connectivity index (χ3v) is 2.47. The smallest absolute Gasteiger partial charge is 0.240 e. The summed E-state index contributed by atoms with van der Waals surface area (Å²) in [6.45, 7) is 0.186. The molecule has 2 aromatic rings. The first-order chi connectivity index (χ1) is 7.20. The number of hydrogen-bond donors (Lipinski definition) is 1. The lowest BCUT2D eigenvalue weighted by Gasteiger charge is -1.97. The molecular formula is C9H7BrFN3O. The molecule has 0 saturated heterocycles. The molecule has 0 aliphatic carbocycles. The molecule has 15 heavy (non-hydrogen) atoms. The van der Waals surface area contributed by atoms with E-state index in [2.05, 4.69) is 26.1 Å². The van der Waals surface area contributed by atoms with Crippen LogP contribution in [-0.2, 0) is 6.54 Å². The van der Waals surface area contributed by atoms with Crippen molar-refractivity contribution in [3.05, 3.63) is 34.4 Å². The van der Waals surface area contributed by atoms with Gasteiger partial charge in [-0.2, -0.15) is 4.98 Å². The fourth-order valence-corrected chi connectivity index (χ4v) is 1.65. The Kier molecular flexibility index (Phi) is 2.79. The van der Waals surface area contributed by atoms with Crippen molar-refractivity contribution < 1.29 is 8.91 Å². The minimum absolute atomic E-state index is 0.186. The highest BCUT2D eigenvalue weighted by atomic mass is 79.9. The normalized spacial score (nSPS) is 10.6. The minimum Gasteiger partial charge on any atom is -0.338 e. The Morgan fingerprint density at radius 2 is 2.27 bits per heavy atom. The van der Waals surface area contributed by atoms with Gasteiger partial charge in [-0.1, -0.05) is 5.16 Å². The molecule has 0 spiro atoms. The van der Waals surface area contributed by atoms with Crippen molar-refractivity contribution in [3.8, 4) is 11.4 Å². The zero-order chi connectivity index (χ0) is 10.8. The highest BCUT2D eigenvalue weighted by Crippen LogP contribution is 2.26. The van der Waals surface area contributed by atoms with Gasteiger partial charge in [0.1, 0.15) is 5.82 Å². The fourth-order valence-electron chi connectivity index (χ4n) is 1.12. The van der Waals surface area contributed by atoms with Crippen LogP contribution < -0.4 is 5.73 Å². The second-order valence-corrected chi connectivity index (χ2v) is 3.69. The fraction of sp³-hybridized carbons (Fsp3) is 0.111. The van der Waals surface area contributed by atoms with Crippen LogP contribution in [-0.4, -0.2) is 10.1 Å². The van der Waals surface area contributed by atoms with Crippen molar-refractivity contribution in [3.63, 3.8) is 0 Å². The molecule has 1 aromatic carbocycles. The van der Waals surface area contributed by atoms with Crippen LogP contribution in [0, 0.1) is 5.82 Å². The van der Waals surface area contributed by atoms with E-state index in [1.807, 2.05) is 0 Å². The van der Waals surface area contributed by atoms with E-state index in [9.17, 15) is 4.39 Å². The lowest BCUT2D eigenvalue weighted by Crippen LogP contribution is -1.95. The maximum absolute atomic E-state index is 12.8. The molecule has 0 saturated carbocycles. The van der Waals surface area contributed by atoms with E-state index in [1.165, 1.54) is 12.1 Å². The Bertz CT molecular complexity index is 486. The summed E-state index contributed by atoms with van der Waals surface area (Å²) in [5.41, 5.74) is 6.00. The molecular weight excluding hydrogens is 265 g/mol. The van der Waals surface area contributed by atoms with Gasteiger partial charge in [-0.3, -0.25) is 0 Å². The zero-order valence-electron chi connectivity index (χ0n) is 7.58. The molecule has 0 bridgehead atoms. The maximum atomic E-state index is 12.8. The molecule has 4 nitrogen and oxygen atoms in total. The van der Waals surface area contributed by atoms with Gasteiger partial charge in [-0.15, -0.1) is 0 Å². The van der Waals surface area contributed by atoms with Crippen LogP contribution in [0.15, 0.2) is 27.2 Å². The summed E-state index contributed by atoms with van der Waals surface area (Å²) >= 11 is 3.22. The van der Waals surface area contributed by atoms with Crippen LogP contribution in [0.1, 0.15) is 5.89 Å². The van der Waals surface area contributed by atoms with Gasteiger partial charge in [-0.05, 0) is 34.1 Å². The summed E-state index contributed by atoms with van der Waals surface area (Å²) in [5.74, 6) is 0.414. The molecule has 6 heteroatoms. The van der Waals surface area contributed by atoms with Gasteiger partial charge in [0.15, 0.2) is 0 Å². The molecule has 0 fully saturated rings. The number of hydrogen-bond acceptors (Lipinski definition) is 4. The van der Waals surface area contributed by atoms with Gasteiger partial charge in [0, 0.05) is 10.0 Å². The Hall–Kier alpha value is -1.27. The molecule has 0 amide bonds. The van der Waals surface area contributed by atoms with E-state index < -0.39 is 0 Å². The molecule has 1 heterocycles. The lowest BCUT2D eigenvalue weighted by molar-refractivity contribution is 0.380. The van der Waals surface area contributed by atoms with Gasteiger partial charge in [-0.25, -0.2) is 4.39 Å². The number of aromatic nitrogens is 2. The van der Waals surface area contributed by atoms with Crippen LogP contribution in [0.25, 0.3) is 11.4 Å². The second-order valence-electron chi connectivity index (χ2n) is 2.84. The predicted octanol–water partition coefficient (Wildman–Crippen LogP) is 2.10. The average Bonchev–Trinajstić information content (AvgIpc) is 2.66. The van der Waals surface area contributed by atoms with Crippen molar-refractivity contribution in [2.75, 3.05) is 0 Å². The molecule has 0 atom stereocenters. The molecule has 0 aliphatic rings. The third kappa shape index (κ3) is 2.05. The summed E-state index contributed by atoms with van der Waals surface area (Å²) in [6, 6.07) is 4.25. The Morgan fingerprint density at radius 3 is 2.87 bits per heavy atom. The second kappa shape index (κ2) is 4.08. The topological polar surface area (TPSA) is 64.9 Å². The van der Waals surface area contributed by atoms with Crippen LogP contribution in [0.3, 0.4) is 0 Å². The molecule has 0 unspecified atom stereocenters. The number of rotatable bonds is 2. The van der Waals surface area contributed by atoms with Crippen molar-refractivity contribution >= 4 is 15.9 Å². The van der Waals surface area contributed by atoms with Crippen molar-refractivity contribution in [1.82, 2.24) is 10.1 Å². The third-order valence-electron chi connectivity index (χ3n) is 1.81. The van der Waals surface area contributed by atoms with Gasteiger partial charge in [0.05, 0.1) is 6.54 Å². The van der Waals surface area contributed by atoms with Gasteiger partial charge in [0.25, 0.3) is 0 Å². The average molecular weight is 272 g/mol. The quantitative estimate of drug-likeness (QED) is 0.909. The highest BCUT2D eigenvalue weighted by Gasteiger charge is 2.10. The summed E-state index contributed by atoms with van der Waals surface area (Å²) in [7, 11) is 0. The van der Waals surface area contributed by atoms with E-state index >= 15 is 0 Å². The molecule has 2 N–H and O–H groups in total. The molecule has 0 radical (unpaired) electrons. The number of nitrogens with zero attached hydrogens (tertiary/aromatic N) is 2. The van der Waals surface area contributed by atoms with Gasteiger partial charge in [0.2, 0.25) is 11.7 Å². The van der Waals surface area contributed by atoms with Crippen LogP contribution in [0.5, 0.6) is 0 Å². The first kappa shape index (κ1) is 10.3. The zero-order valence-corrected chi connectivity index (χ0v) is 9.16. The minimum atomic E-state index is -0.326. The molecule has 1 aromatic heterocycles. The van der Waals surface area contributed by atoms with E-state index in [0.29, 0.717) is 21.8 Å². The summed E-state index contributed by atoms with van der Waals surface area (Å²) in [4.78, 5) is 4.03. The molecule has 0 aliphatic heterocycles. The first-order valence-corrected chi connectivity index (χ1v) is 4.98. The van der Waals surface area contributed by atoms with E-state index in [0.717, 1.165) is 0 Å². The summed E-state index contributed by atoms with van der Waals surface area (Å²) < 4.78 is 18.2. The molecule has 78 valence electrons. The number of halogens is 2. The highest BCUT2D eigenvalue weighted by molar-refractivity contribution is 9.10. The van der Waals surface area contributed by atoms with Crippen molar-refractivity contribution in [1.29, 1.82) is 0 Å². The van der Waals surface area contributed by atoms with E-state index in [1.54, 1.807) is 6.07 Å². The van der Waals surface area contributed by atoms with Crippen LogP contribution >= 0.6 is 15.9 Å². The van der Waals surface area contributed by atoms with Crippen LogP contribution in [0.4, 0.5) is 4.39 Å². The SMILES string of the molecule is NCc1nc(-c2ccc(F)cc2Br)no1. The molecule has 2 rings (SSSR count). The lowest BCUT2D eigenvalue weighted by atomic mass is 10.2. The largest absolute Gasteiger partial charge is 0.338 e. The van der Waals surface area contributed by atoms with Gasteiger partial charge >= 0.3 is 0 Å². The van der Waals surface area contributed by atoms with E-state index in [4.69, 9.17) is 10.3 Å².